The first-order valence-electron chi connectivity index (χ1n) is 8.24. The number of hydrogen-bond donors (Lipinski definition) is 1. The molecular formula is C18H20F2N2O2S. The van der Waals surface area contributed by atoms with Crippen molar-refractivity contribution in [1.29, 1.82) is 0 Å². The Morgan fingerprint density at radius 3 is 2.52 bits per heavy atom. The molecule has 1 aliphatic rings. The number of carbonyl (C=O) groups excluding carboxylic acids is 1. The van der Waals surface area contributed by atoms with E-state index >= 15 is 0 Å². The maximum Gasteiger partial charge on any atom is 0.288 e. The number of nitrogens with zero attached hydrogens (tertiary/aromatic N) is 1. The van der Waals surface area contributed by atoms with E-state index in [1.807, 2.05) is 12.1 Å². The number of thioether (sulfide) groups is 1. The molecule has 1 aromatic carbocycles. The van der Waals surface area contributed by atoms with Crippen molar-refractivity contribution in [2.24, 2.45) is 0 Å². The van der Waals surface area contributed by atoms with Crippen LogP contribution < -0.4 is 5.32 Å². The second-order valence-electron chi connectivity index (χ2n) is 5.89. The van der Waals surface area contributed by atoms with Crippen LogP contribution >= 0.6 is 11.8 Å². The summed E-state index contributed by atoms with van der Waals surface area (Å²) in [6, 6.07) is 9.99. The predicted molar refractivity (Wildman–Crippen MR) is 92.9 cm³/mol. The van der Waals surface area contributed by atoms with Crippen LogP contribution in [0, 0.1) is 0 Å². The minimum absolute atomic E-state index is 0.00936. The molecule has 7 heteroatoms. The third-order valence-corrected chi connectivity index (χ3v) is 4.97. The van der Waals surface area contributed by atoms with Crippen LogP contribution in [0.1, 0.15) is 35.0 Å². The molecule has 2 heterocycles. The average molecular weight is 366 g/mol. The van der Waals surface area contributed by atoms with Crippen molar-refractivity contribution in [2.75, 3.05) is 19.6 Å². The number of nitrogens with one attached hydrogen (secondary N) is 1. The van der Waals surface area contributed by atoms with E-state index in [-0.39, 0.29) is 11.9 Å². The summed E-state index contributed by atoms with van der Waals surface area (Å²) in [5.41, 5.74) is 0.457. The van der Waals surface area contributed by atoms with Crippen molar-refractivity contribution >= 4 is 17.7 Å². The van der Waals surface area contributed by atoms with Gasteiger partial charge in [0.05, 0.1) is 12.3 Å². The van der Waals surface area contributed by atoms with Gasteiger partial charge in [-0.1, -0.05) is 11.8 Å². The first-order valence-corrected chi connectivity index (χ1v) is 9.12. The van der Waals surface area contributed by atoms with E-state index in [2.05, 4.69) is 10.2 Å². The predicted octanol–water partition coefficient (Wildman–Crippen LogP) is 4.16. The maximum atomic E-state index is 12.4. The Balaban J connectivity index is 1.61. The molecule has 0 aliphatic carbocycles. The molecule has 0 saturated carbocycles. The fourth-order valence-corrected chi connectivity index (χ4v) is 3.52. The van der Waals surface area contributed by atoms with Crippen molar-refractivity contribution in [3.63, 3.8) is 0 Å². The standard InChI is InChI=1S/C18H20F2N2O2S/c19-18(20)25-14-7-5-13(6-8-14)17(23)21-12-15(16-4-3-11-24-16)22-9-1-2-10-22/h3-8,11,15,18H,1-2,9-10,12H2,(H,21,23)/t15-/m1/s1. The maximum absolute atomic E-state index is 12.4. The van der Waals surface area contributed by atoms with Crippen molar-refractivity contribution in [1.82, 2.24) is 10.2 Å². The SMILES string of the molecule is O=C(NC[C@H](c1ccco1)N1CCCC1)c1ccc(SC(F)F)cc1. The summed E-state index contributed by atoms with van der Waals surface area (Å²) in [5, 5.41) is 2.93. The Bertz CT molecular complexity index is 671. The van der Waals surface area contributed by atoms with Crippen LogP contribution in [0.5, 0.6) is 0 Å². The van der Waals surface area contributed by atoms with Crippen LogP contribution in [-0.2, 0) is 0 Å². The molecule has 25 heavy (non-hydrogen) atoms. The van der Waals surface area contributed by atoms with Gasteiger partial charge in [-0.15, -0.1) is 0 Å². The molecule has 4 nitrogen and oxygen atoms in total. The number of benzene rings is 1. The van der Waals surface area contributed by atoms with Crippen LogP contribution in [0.4, 0.5) is 8.78 Å². The minimum atomic E-state index is -2.46. The Hall–Kier alpha value is -1.86. The Morgan fingerprint density at radius 1 is 1.20 bits per heavy atom. The van der Waals surface area contributed by atoms with Crippen LogP contribution in [-0.4, -0.2) is 36.2 Å². The van der Waals surface area contributed by atoms with Gasteiger partial charge in [0.25, 0.3) is 11.7 Å². The molecule has 0 radical (unpaired) electrons. The zero-order valence-corrected chi connectivity index (χ0v) is 14.5. The lowest BCUT2D eigenvalue weighted by Gasteiger charge is -2.26. The Morgan fingerprint density at radius 2 is 1.92 bits per heavy atom. The van der Waals surface area contributed by atoms with Crippen molar-refractivity contribution in [2.45, 2.75) is 29.5 Å². The third-order valence-electron chi connectivity index (χ3n) is 4.25. The third kappa shape index (κ3) is 4.83. The van der Waals surface area contributed by atoms with E-state index in [0.29, 0.717) is 28.8 Å². The van der Waals surface area contributed by atoms with Gasteiger partial charge in [0.2, 0.25) is 0 Å². The number of alkyl halides is 2. The molecular weight excluding hydrogens is 346 g/mol. The largest absolute Gasteiger partial charge is 0.468 e. The van der Waals surface area contributed by atoms with E-state index in [1.54, 1.807) is 18.4 Å². The highest BCUT2D eigenvalue weighted by Crippen LogP contribution is 2.26. The van der Waals surface area contributed by atoms with E-state index in [1.165, 1.54) is 12.1 Å². The van der Waals surface area contributed by atoms with Gasteiger partial charge in [0.1, 0.15) is 5.76 Å². The van der Waals surface area contributed by atoms with Crippen molar-refractivity contribution in [3.8, 4) is 0 Å². The van der Waals surface area contributed by atoms with E-state index in [9.17, 15) is 13.6 Å². The second-order valence-corrected chi connectivity index (χ2v) is 6.95. The average Bonchev–Trinajstić information content (AvgIpc) is 3.29. The summed E-state index contributed by atoms with van der Waals surface area (Å²) in [4.78, 5) is 15.1. The summed E-state index contributed by atoms with van der Waals surface area (Å²) in [5.74, 6) is -1.84. The summed E-state index contributed by atoms with van der Waals surface area (Å²) in [6.07, 6.45) is 3.93. The Kier molecular flexibility index (Phi) is 6.09. The molecule has 134 valence electrons. The van der Waals surface area contributed by atoms with Gasteiger partial charge >= 0.3 is 0 Å². The van der Waals surface area contributed by atoms with Crippen molar-refractivity contribution in [3.05, 3.63) is 54.0 Å². The van der Waals surface area contributed by atoms with Gasteiger partial charge in [-0.2, -0.15) is 8.78 Å². The summed E-state index contributed by atoms with van der Waals surface area (Å²) < 4.78 is 30.2. The van der Waals surface area contributed by atoms with Gasteiger partial charge in [-0.25, -0.2) is 0 Å². The number of rotatable bonds is 7. The highest BCUT2D eigenvalue weighted by Gasteiger charge is 2.26. The lowest BCUT2D eigenvalue weighted by Crippen LogP contribution is -2.36. The van der Waals surface area contributed by atoms with Gasteiger partial charge in [-0.3, -0.25) is 9.69 Å². The summed E-state index contributed by atoms with van der Waals surface area (Å²) in [7, 11) is 0. The molecule has 1 saturated heterocycles. The van der Waals surface area contributed by atoms with Gasteiger partial charge in [0, 0.05) is 17.0 Å². The molecule has 0 unspecified atom stereocenters. The Labute approximate surface area is 149 Å². The molecule has 1 aliphatic heterocycles. The number of carbonyl (C=O) groups is 1. The second kappa shape index (κ2) is 8.49. The van der Waals surface area contributed by atoms with E-state index in [0.717, 1.165) is 31.7 Å². The van der Waals surface area contributed by atoms with Gasteiger partial charge < -0.3 is 9.73 Å². The molecule has 3 rings (SSSR count). The molecule has 1 aromatic heterocycles. The van der Waals surface area contributed by atoms with Crippen LogP contribution in [0.25, 0.3) is 0 Å². The quantitative estimate of drug-likeness (QED) is 0.748. The van der Waals surface area contributed by atoms with Crippen LogP contribution in [0.15, 0.2) is 52.0 Å². The lowest BCUT2D eigenvalue weighted by molar-refractivity contribution is 0.0933. The minimum Gasteiger partial charge on any atom is -0.468 e. The fourth-order valence-electron chi connectivity index (χ4n) is 3.02. The zero-order valence-electron chi connectivity index (χ0n) is 13.7. The number of furan rings is 1. The highest BCUT2D eigenvalue weighted by atomic mass is 32.2. The number of hydrogen-bond acceptors (Lipinski definition) is 4. The van der Waals surface area contributed by atoms with E-state index < -0.39 is 5.76 Å². The topological polar surface area (TPSA) is 45.5 Å². The molecule has 2 aromatic rings. The van der Waals surface area contributed by atoms with Crippen molar-refractivity contribution < 1.29 is 18.0 Å². The first kappa shape index (κ1) is 17.9. The fraction of sp³-hybridized carbons (Fsp3) is 0.389. The van der Waals surface area contributed by atoms with Gasteiger partial charge in [-0.05, 0) is 62.3 Å². The lowest BCUT2D eigenvalue weighted by atomic mass is 10.1. The monoisotopic (exact) mass is 366 g/mol. The smallest absolute Gasteiger partial charge is 0.288 e. The molecule has 1 N–H and O–H groups in total. The number of halogens is 2. The zero-order chi connectivity index (χ0) is 17.6. The number of amides is 1. The molecule has 0 bridgehead atoms. The number of likely N-dealkylation sites (tertiary alicyclic amines) is 1. The normalized spacial score (nSPS) is 16.3. The van der Waals surface area contributed by atoms with E-state index in [4.69, 9.17) is 4.42 Å². The molecule has 1 amide bonds. The van der Waals surface area contributed by atoms with Gasteiger partial charge in [0.15, 0.2) is 0 Å². The molecule has 1 fully saturated rings. The molecule has 0 spiro atoms. The molecule has 1 atom stereocenters. The van der Waals surface area contributed by atoms with Crippen LogP contribution in [0.3, 0.4) is 0 Å². The highest BCUT2D eigenvalue weighted by molar-refractivity contribution is 7.99. The summed E-state index contributed by atoms with van der Waals surface area (Å²) in [6.45, 7) is 2.42. The summed E-state index contributed by atoms with van der Waals surface area (Å²) >= 11 is 0.468. The van der Waals surface area contributed by atoms with Crippen LogP contribution in [0.2, 0.25) is 0 Å². The first-order chi connectivity index (χ1) is 12.1.